The van der Waals surface area contributed by atoms with Crippen molar-refractivity contribution in [3.05, 3.63) is 18.0 Å². The molecule has 0 aromatic heterocycles. The Morgan fingerprint density at radius 2 is 2.71 bits per heavy atom. The van der Waals surface area contributed by atoms with Gasteiger partial charge in [0.1, 0.15) is 5.70 Å². The van der Waals surface area contributed by atoms with Gasteiger partial charge in [0, 0.05) is 6.08 Å². The monoisotopic (exact) mass is 95.0 g/mol. The molecule has 0 amide bonds. The lowest BCUT2D eigenvalue weighted by molar-refractivity contribution is 0.565. The van der Waals surface area contributed by atoms with Crippen LogP contribution >= 0.6 is 0 Å². The second-order valence-electron chi connectivity index (χ2n) is 1.05. The Kier molecular flexibility index (Phi) is 0.845. The largest absolute Gasteiger partial charge is 0.298 e. The third-order valence-corrected chi connectivity index (χ3v) is 0.596. The second kappa shape index (κ2) is 1.49. The third kappa shape index (κ3) is 0.614. The summed E-state index contributed by atoms with van der Waals surface area (Å²) in [6.45, 7) is 0. The maximum atomic E-state index is 9.67. The van der Waals surface area contributed by atoms with Crippen LogP contribution in [0.2, 0.25) is 0 Å². The van der Waals surface area contributed by atoms with Crippen LogP contribution in [-0.4, -0.2) is 5.94 Å². The van der Waals surface area contributed by atoms with Gasteiger partial charge in [0.2, 0.25) is 0 Å². The minimum atomic E-state index is 0.389. The molecule has 0 saturated heterocycles. The molecule has 0 atom stereocenters. The zero-order valence-corrected chi connectivity index (χ0v) is 3.49. The molecule has 0 bridgehead atoms. The van der Waals surface area contributed by atoms with Crippen molar-refractivity contribution in [3.8, 4) is 0 Å². The topological polar surface area (TPSA) is 41.1 Å². The van der Waals surface area contributed by atoms with Crippen molar-refractivity contribution >= 4 is 5.94 Å². The molecular formula is C4H3N2O. The van der Waals surface area contributed by atoms with E-state index < -0.39 is 0 Å². The molecule has 0 aromatic carbocycles. The average Bonchev–Trinajstić information content (AvgIpc) is 2.14. The summed E-state index contributed by atoms with van der Waals surface area (Å²) in [7, 11) is 0. The lowest BCUT2D eigenvalue weighted by atomic mass is 10.5. The summed E-state index contributed by atoms with van der Waals surface area (Å²) in [5, 5.41) is 0. The molecule has 1 heterocycles. The smallest absolute Gasteiger partial charge is 0.152 e. The van der Waals surface area contributed by atoms with Crippen molar-refractivity contribution in [3.63, 3.8) is 0 Å². The quantitative estimate of drug-likeness (QED) is 0.384. The highest BCUT2D eigenvalue weighted by Crippen LogP contribution is 1.84. The molecule has 7 heavy (non-hydrogen) atoms. The fourth-order valence-electron chi connectivity index (χ4n) is 0.303. The highest BCUT2D eigenvalue weighted by molar-refractivity contribution is 5.56. The number of hydrogen-bond acceptors (Lipinski definition) is 3. The molecule has 1 rings (SSSR count). The summed E-state index contributed by atoms with van der Waals surface area (Å²) in [5.74, 6) is 1.64. The predicted molar refractivity (Wildman–Crippen MR) is 23.3 cm³/mol. The predicted octanol–water partition coefficient (Wildman–Crippen LogP) is -0.873. The van der Waals surface area contributed by atoms with Crippen molar-refractivity contribution in [2.75, 3.05) is 0 Å². The van der Waals surface area contributed by atoms with Crippen LogP contribution in [0.5, 0.6) is 0 Å². The summed E-state index contributed by atoms with van der Waals surface area (Å²) in [4.78, 5) is 9.67. The van der Waals surface area contributed by atoms with E-state index in [4.69, 9.17) is 0 Å². The minimum Gasteiger partial charge on any atom is -0.298 e. The Morgan fingerprint density at radius 1 is 1.86 bits per heavy atom. The van der Waals surface area contributed by atoms with E-state index in [-0.39, 0.29) is 0 Å². The van der Waals surface area contributed by atoms with Gasteiger partial charge in [-0.05, 0) is 0 Å². The van der Waals surface area contributed by atoms with Gasteiger partial charge in [-0.1, -0.05) is 0 Å². The van der Waals surface area contributed by atoms with Gasteiger partial charge in [0.15, 0.2) is 5.94 Å². The normalized spacial score (nSPS) is 15.1. The first kappa shape index (κ1) is 3.96. The maximum Gasteiger partial charge on any atom is 0.152 e. The van der Waals surface area contributed by atoms with E-state index in [0.29, 0.717) is 5.70 Å². The summed E-state index contributed by atoms with van der Waals surface area (Å²) in [6.07, 6.45) is 4.02. The second-order valence-corrected chi connectivity index (χ2v) is 1.05. The van der Waals surface area contributed by atoms with Gasteiger partial charge in [-0.2, -0.15) is 0 Å². The van der Waals surface area contributed by atoms with Crippen LogP contribution in [-0.2, 0) is 4.79 Å². The molecule has 0 unspecified atom stereocenters. The standard InChI is InChI=1S/C4H3N2O/c7-3-4-1-2-5-6-4/h1,5-6H. The van der Waals surface area contributed by atoms with Gasteiger partial charge in [-0.25, -0.2) is 4.79 Å². The fourth-order valence-corrected chi connectivity index (χ4v) is 0.303. The summed E-state index contributed by atoms with van der Waals surface area (Å²) >= 11 is 0. The van der Waals surface area contributed by atoms with Crippen molar-refractivity contribution in [1.82, 2.24) is 10.9 Å². The highest BCUT2D eigenvalue weighted by Gasteiger charge is 1.93. The molecule has 3 nitrogen and oxygen atoms in total. The number of hydrogen-bond donors (Lipinski definition) is 2. The molecule has 0 fully saturated rings. The van der Waals surface area contributed by atoms with Crippen LogP contribution in [0.15, 0.2) is 11.8 Å². The zero-order valence-electron chi connectivity index (χ0n) is 3.49. The highest BCUT2D eigenvalue weighted by atomic mass is 16.1. The van der Waals surface area contributed by atoms with Gasteiger partial charge >= 0.3 is 0 Å². The minimum absolute atomic E-state index is 0.389. The molecule has 1 radical (unpaired) electrons. The van der Waals surface area contributed by atoms with E-state index in [2.05, 4.69) is 17.1 Å². The van der Waals surface area contributed by atoms with Crippen LogP contribution in [0.4, 0.5) is 0 Å². The van der Waals surface area contributed by atoms with Gasteiger partial charge < -0.3 is 0 Å². The Balaban J connectivity index is 2.77. The molecule has 0 saturated carbocycles. The van der Waals surface area contributed by atoms with Crippen LogP contribution in [0.25, 0.3) is 0 Å². The molecule has 2 N–H and O–H groups in total. The lowest BCUT2D eigenvalue weighted by Gasteiger charge is -1.87. The average molecular weight is 95.1 g/mol. The van der Waals surface area contributed by atoms with Crippen molar-refractivity contribution in [1.29, 1.82) is 0 Å². The SMILES string of the molecule is O=C=C1C=[C]NN1. The van der Waals surface area contributed by atoms with E-state index in [0.717, 1.165) is 0 Å². The van der Waals surface area contributed by atoms with Gasteiger partial charge in [-0.3, -0.25) is 10.9 Å². The number of allylic oxidation sites excluding steroid dienone is 1. The van der Waals surface area contributed by atoms with E-state index in [1.54, 1.807) is 5.94 Å². The first-order valence-electron chi connectivity index (χ1n) is 1.78. The molecule has 3 heteroatoms. The van der Waals surface area contributed by atoms with Gasteiger partial charge in [0.05, 0.1) is 6.20 Å². The Bertz CT molecular complexity index is 144. The summed E-state index contributed by atoms with van der Waals surface area (Å²) in [6, 6.07) is 0. The maximum absolute atomic E-state index is 9.67. The molecule has 35 valence electrons. The van der Waals surface area contributed by atoms with Crippen LogP contribution in [0.3, 0.4) is 0 Å². The van der Waals surface area contributed by atoms with Crippen molar-refractivity contribution < 1.29 is 4.79 Å². The number of hydrazine groups is 1. The Hall–Kier alpha value is -1.21. The number of carbonyl (C=O) groups excluding carboxylic acids is 1. The summed E-state index contributed by atoms with van der Waals surface area (Å²) in [5.41, 5.74) is 5.34. The zero-order chi connectivity index (χ0) is 5.11. The van der Waals surface area contributed by atoms with Crippen LogP contribution in [0.1, 0.15) is 0 Å². The van der Waals surface area contributed by atoms with Crippen LogP contribution in [0, 0.1) is 6.20 Å². The molecular weight excluding hydrogens is 92.1 g/mol. The first-order chi connectivity index (χ1) is 3.43. The van der Waals surface area contributed by atoms with Gasteiger partial charge in [-0.15, -0.1) is 0 Å². The Labute approximate surface area is 40.7 Å². The van der Waals surface area contributed by atoms with Gasteiger partial charge in [0.25, 0.3) is 0 Å². The van der Waals surface area contributed by atoms with E-state index in [1.807, 2.05) is 0 Å². The lowest BCUT2D eigenvalue weighted by Crippen LogP contribution is -2.19. The molecule has 1 aliphatic heterocycles. The third-order valence-electron chi connectivity index (χ3n) is 0.596. The molecule has 0 aliphatic carbocycles. The van der Waals surface area contributed by atoms with Crippen molar-refractivity contribution in [2.45, 2.75) is 0 Å². The number of nitrogens with one attached hydrogen (secondary N) is 2. The molecule has 0 aromatic rings. The van der Waals surface area contributed by atoms with Crippen LogP contribution < -0.4 is 10.9 Å². The Morgan fingerprint density at radius 3 is 3.00 bits per heavy atom. The summed E-state index contributed by atoms with van der Waals surface area (Å²) < 4.78 is 0. The first-order valence-corrected chi connectivity index (χ1v) is 1.78. The number of rotatable bonds is 0. The van der Waals surface area contributed by atoms with E-state index >= 15 is 0 Å². The molecule has 1 aliphatic rings. The van der Waals surface area contributed by atoms with E-state index in [9.17, 15) is 4.79 Å². The van der Waals surface area contributed by atoms with E-state index in [1.165, 1.54) is 6.08 Å². The molecule has 0 spiro atoms. The van der Waals surface area contributed by atoms with Crippen molar-refractivity contribution in [2.24, 2.45) is 0 Å². The fraction of sp³-hybridized carbons (Fsp3) is 0.